The average Bonchev–Trinajstić information content (AvgIpc) is 4.00. The molecule has 1 unspecified atom stereocenters. The first-order valence-electron chi connectivity index (χ1n) is 30.2. The van der Waals surface area contributed by atoms with Gasteiger partial charge in [0.05, 0.1) is 38.0 Å². The fourth-order valence-corrected chi connectivity index (χ4v) is 13.8. The molecular weight excluding hydrogens is 1040 g/mol. The van der Waals surface area contributed by atoms with Crippen molar-refractivity contribution in [2.45, 2.75) is 114 Å². The second-order valence-electron chi connectivity index (χ2n) is 23.6. The van der Waals surface area contributed by atoms with Crippen LogP contribution in [0.25, 0.3) is 0 Å². The highest BCUT2D eigenvalue weighted by Crippen LogP contribution is 2.43. The summed E-state index contributed by atoms with van der Waals surface area (Å²) in [6.45, 7) is 15.5. The minimum atomic E-state index is -0.576. The lowest BCUT2D eigenvalue weighted by Crippen LogP contribution is -2.57. The van der Waals surface area contributed by atoms with Crippen molar-refractivity contribution in [2.75, 3.05) is 117 Å². The number of methoxy groups -OCH3 is 1. The quantitative estimate of drug-likeness (QED) is 0.0858. The molecule has 3 aromatic carbocycles. The fraction of sp³-hybridized carbons (Fsp3) is 0.587. The summed E-state index contributed by atoms with van der Waals surface area (Å²) in [5.74, 6) is 2.95. The number of ether oxygens (including phenoxy) is 2. The zero-order valence-electron chi connectivity index (χ0n) is 47.9. The third-order valence-corrected chi connectivity index (χ3v) is 18.6. The van der Waals surface area contributed by atoms with Crippen LogP contribution in [0.1, 0.15) is 140 Å². The van der Waals surface area contributed by atoms with Crippen molar-refractivity contribution < 1.29 is 33.8 Å². The molecule has 10 rings (SSSR count). The molecule has 0 spiro atoms. The lowest BCUT2D eigenvalue weighted by molar-refractivity contribution is -0.137. The van der Waals surface area contributed by atoms with Gasteiger partial charge in [0.1, 0.15) is 29.7 Å². The molecule has 5 fully saturated rings. The fourth-order valence-electron chi connectivity index (χ4n) is 13.7. The molecule has 1 aromatic heterocycles. The largest absolute Gasteiger partial charge is 0.497 e. The van der Waals surface area contributed by atoms with Crippen LogP contribution in [0.2, 0.25) is 5.02 Å². The third kappa shape index (κ3) is 14.3. The van der Waals surface area contributed by atoms with E-state index >= 15 is 0 Å². The van der Waals surface area contributed by atoms with Crippen LogP contribution in [0, 0.1) is 11.8 Å². The summed E-state index contributed by atoms with van der Waals surface area (Å²) in [6.07, 6.45) is 10.7. The number of amides is 4. The van der Waals surface area contributed by atoms with E-state index in [-0.39, 0.29) is 53.8 Å². The Labute approximate surface area is 484 Å². The topological polar surface area (TPSA) is 176 Å². The Bertz CT molecular complexity index is 2780. The molecule has 436 valence electrons. The number of fused-ring (bicyclic) bond motifs is 1. The van der Waals surface area contributed by atoms with E-state index in [4.69, 9.17) is 21.1 Å². The average molecular weight is 1130 g/mol. The first-order valence-corrected chi connectivity index (χ1v) is 30.5. The van der Waals surface area contributed by atoms with E-state index in [0.29, 0.717) is 95.0 Å². The van der Waals surface area contributed by atoms with Crippen LogP contribution in [0.5, 0.6) is 11.5 Å². The minimum absolute atomic E-state index is 0.0338. The molecular formula is C63H85ClN10O7. The molecule has 4 saturated heterocycles. The maximum atomic E-state index is 14.6. The SMILES string of the molecule is CCOc1cc(OC)ccc1CNCC(=O)N1CCC[C@H](c2cccc(C(=O)N[C@@H](C(=O)N3CCN(CC4CCN(CC(C(=O)N5CCN(c6ncnc7c6[C@H](C)C[C@H]7O)CC5)c5ccc(Cl)cc5)CC4)CC3)C3CCCCC3)c2)C1. The van der Waals surface area contributed by atoms with Crippen LogP contribution in [0.4, 0.5) is 5.82 Å². The van der Waals surface area contributed by atoms with E-state index in [1.807, 2.05) is 82.3 Å². The summed E-state index contributed by atoms with van der Waals surface area (Å²) in [7, 11) is 1.63. The van der Waals surface area contributed by atoms with Crippen molar-refractivity contribution in [1.29, 1.82) is 0 Å². The molecule has 4 aliphatic heterocycles. The zero-order valence-corrected chi connectivity index (χ0v) is 48.7. The normalized spacial score (nSPS) is 22.3. The molecule has 0 radical (unpaired) electrons. The Morgan fingerprint density at radius 2 is 1.52 bits per heavy atom. The number of benzene rings is 3. The summed E-state index contributed by atoms with van der Waals surface area (Å²) in [6, 6.07) is 20.7. The van der Waals surface area contributed by atoms with Crippen molar-refractivity contribution in [3.05, 3.63) is 112 Å². The number of nitrogens with one attached hydrogen (secondary N) is 2. The smallest absolute Gasteiger partial charge is 0.251 e. The number of hydrogen-bond acceptors (Lipinski definition) is 13. The van der Waals surface area contributed by atoms with Gasteiger partial charge >= 0.3 is 0 Å². The number of rotatable bonds is 19. The zero-order chi connectivity index (χ0) is 56.4. The van der Waals surface area contributed by atoms with Crippen LogP contribution >= 0.6 is 11.6 Å². The number of anilines is 1. The van der Waals surface area contributed by atoms with Crippen LogP contribution < -0.4 is 25.0 Å². The number of carbonyl (C=O) groups is 4. The maximum absolute atomic E-state index is 14.6. The number of aliphatic hydroxyl groups is 1. The summed E-state index contributed by atoms with van der Waals surface area (Å²) >= 11 is 6.35. The highest BCUT2D eigenvalue weighted by Gasteiger charge is 2.38. The highest BCUT2D eigenvalue weighted by molar-refractivity contribution is 6.30. The number of aromatic nitrogens is 2. The molecule has 6 aliphatic rings. The molecule has 81 heavy (non-hydrogen) atoms. The van der Waals surface area contributed by atoms with Crippen molar-refractivity contribution in [3.8, 4) is 11.5 Å². The van der Waals surface area contributed by atoms with Crippen LogP contribution in [0.3, 0.4) is 0 Å². The van der Waals surface area contributed by atoms with Crippen molar-refractivity contribution in [3.63, 3.8) is 0 Å². The molecule has 18 heteroatoms. The van der Waals surface area contributed by atoms with Gasteiger partial charge in [-0.1, -0.05) is 68.1 Å². The second-order valence-corrected chi connectivity index (χ2v) is 24.0. The molecule has 0 bridgehead atoms. The number of halogens is 1. The third-order valence-electron chi connectivity index (χ3n) is 18.3. The van der Waals surface area contributed by atoms with E-state index in [1.54, 1.807) is 13.4 Å². The Hall–Kier alpha value is -5.85. The molecule has 17 nitrogen and oxygen atoms in total. The van der Waals surface area contributed by atoms with Crippen molar-refractivity contribution in [1.82, 2.24) is 45.1 Å². The molecule has 5 atom stereocenters. The van der Waals surface area contributed by atoms with Crippen LogP contribution in [0.15, 0.2) is 73.1 Å². The minimum Gasteiger partial charge on any atom is -0.497 e. The Balaban J connectivity index is 0.691. The second kappa shape index (κ2) is 27.5. The monoisotopic (exact) mass is 1130 g/mol. The highest BCUT2D eigenvalue weighted by atomic mass is 35.5. The van der Waals surface area contributed by atoms with Crippen LogP contribution in [-0.2, 0) is 20.9 Å². The lowest BCUT2D eigenvalue weighted by atomic mass is 9.83. The predicted octanol–water partition coefficient (Wildman–Crippen LogP) is 7.24. The van der Waals surface area contributed by atoms with Crippen molar-refractivity contribution in [2.24, 2.45) is 11.8 Å². The Kier molecular flexibility index (Phi) is 19.8. The van der Waals surface area contributed by atoms with Gasteiger partial charge in [0.25, 0.3) is 5.91 Å². The summed E-state index contributed by atoms with van der Waals surface area (Å²) in [4.78, 5) is 79.1. The van der Waals surface area contributed by atoms with Gasteiger partial charge in [-0.2, -0.15) is 0 Å². The number of carbonyl (C=O) groups excluding carboxylic acids is 4. The van der Waals surface area contributed by atoms with Gasteiger partial charge < -0.3 is 49.7 Å². The number of likely N-dealkylation sites (tertiary alicyclic amines) is 2. The van der Waals surface area contributed by atoms with E-state index in [9.17, 15) is 24.3 Å². The first-order chi connectivity index (χ1) is 39.4. The van der Waals surface area contributed by atoms with E-state index < -0.39 is 12.1 Å². The summed E-state index contributed by atoms with van der Waals surface area (Å²) in [5, 5.41) is 17.9. The van der Waals surface area contributed by atoms with E-state index in [1.165, 1.54) is 0 Å². The van der Waals surface area contributed by atoms with Gasteiger partial charge in [-0.15, -0.1) is 0 Å². The first kappa shape index (κ1) is 58.4. The van der Waals surface area contributed by atoms with E-state index in [0.717, 1.165) is 136 Å². The van der Waals surface area contributed by atoms with Crippen molar-refractivity contribution >= 4 is 41.0 Å². The lowest BCUT2D eigenvalue weighted by Gasteiger charge is -2.41. The van der Waals surface area contributed by atoms with Gasteiger partial charge in [0.15, 0.2) is 0 Å². The Morgan fingerprint density at radius 3 is 2.26 bits per heavy atom. The number of piperazine rings is 2. The predicted molar refractivity (Wildman–Crippen MR) is 314 cm³/mol. The molecule has 5 heterocycles. The summed E-state index contributed by atoms with van der Waals surface area (Å²) < 4.78 is 11.2. The molecule has 4 aromatic rings. The van der Waals surface area contributed by atoms with Gasteiger partial charge in [0.2, 0.25) is 17.7 Å². The van der Waals surface area contributed by atoms with Gasteiger partial charge in [-0.3, -0.25) is 24.1 Å². The summed E-state index contributed by atoms with van der Waals surface area (Å²) in [5.41, 5.74) is 5.30. The number of aliphatic hydroxyl groups excluding tert-OH is 1. The Morgan fingerprint density at radius 1 is 0.778 bits per heavy atom. The van der Waals surface area contributed by atoms with Gasteiger partial charge in [-0.05, 0) is 124 Å². The molecule has 2 aliphatic carbocycles. The molecule has 4 amide bonds. The maximum Gasteiger partial charge on any atom is 0.251 e. The van der Waals surface area contributed by atoms with E-state index in [2.05, 4.69) is 48.3 Å². The number of nitrogens with zero attached hydrogens (tertiary/aromatic N) is 8. The standard InChI is InChI=1S/C63H85ClN10O7/c1-4-81-55-36-52(80-3)20-17-49(55)37-65-38-56(76)74-23-9-14-50(40-74)47-12-8-13-48(35-47)61(77)68-58(46-10-6-5-7-11-46)63(79)73-28-26-70(27-29-73)39-44-21-24-69(25-22-44)41-53(45-15-18-51(64)19-16-45)62(78)72-32-30-71(31-33-72)60-57-43(2)34-54(75)59(57)66-42-67-60/h8,12-13,15-20,35-36,42-44,46,50,53-54,58,65,75H,4-7,9-11,14,21-34,37-41H2,1-3H3,(H,68,77)/t43-,50+,53?,54-,58-/m1/s1. The van der Waals surface area contributed by atoms with Crippen LogP contribution in [-0.4, -0.2) is 181 Å². The van der Waals surface area contributed by atoms with Gasteiger partial charge in [-0.25, -0.2) is 9.97 Å². The molecule has 1 saturated carbocycles. The number of hydrogen-bond donors (Lipinski definition) is 3. The molecule has 3 N–H and O–H groups in total. The number of piperidine rings is 2. The van der Waals surface area contributed by atoms with Gasteiger partial charge in [0, 0.05) is 119 Å².